The highest BCUT2D eigenvalue weighted by Gasteiger charge is 2.46. The molecule has 0 bridgehead atoms. The quantitative estimate of drug-likeness (QED) is 0.746. The third-order valence-corrected chi connectivity index (χ3v) is 4.05. The van der Waals surface area contributed by atoms with Crippen LogP contribution in [0.1, 0.15) is 26.2 Å². The minimum Gasteiger partial charge on any atom is -0.480 e. The molecule has 2 amide bonds. The Morgan fingerprint density at radius 2 is 2.00 bits per heavy atom. The number of carboxylic acids is 1. The first kappa shape index (κ1) is 13.1. The van der Waals surface area contributed by atoms with Crippen molar-refractivity contribution in [3.63, 3.8) is 0 Å². The van der Waals surface area contributed by atoms with Gasteiger partial charge in [-0.25, -0.2) is 9.59 Å². The second-order valence-electron chi connectivity index (χ2n) is 5.48. The van der Waals surface area contributed by atoms with Gasteiger partial charge in [0.25, 0.3) is 0 Å². The summed E-state index contributed by atoms with van der Waals surface area (Å²) >= 11 is 0. The summed E-state index contributed by atoms with van der Waals surface area (Å²) in [7, 11) is 2.02. The Labute approximate surface area is 107 Å². The number of carbonyl (C=O) groups excluding carboxylic acids is 1. The van der Waals surface area contributed by atoms with Crippen LogP contribution in [0, 0.1) is 0 Å². The van der Waals surface area contributed by atoms with E-state index in [0.29, 0.717) is 19.4 Å². The fourth-order valence-corrected chi connectivity index (χ4v) is 2.64. The summed E-state index contributed by atoms with van der Waals surface area (Å²) in [6.45, 7) is 4.30. The molecule has 1 saturated heterocycles. The lowest BCUT2D eigenvalue weighted by Gasteiger charge is -2.43. The van der Waals surface area contributed by atoms with Crippen LogP contribution in [-0.4, -0.2) is 65.2 Å². The number of rotatable bonds is 2. The molecule has 6 heteroatoms. The first-order valence-electron chi connectivity index (χ1n) is 6.45. The molecule has 1 aliphatic heterocycles. The first-order valence-corrected chi connectivity index (χ1v) is 6.45. The molecular weight excluding hydrogens is 234 g/mol. The van der Waals surface area contributed by atoms with Gasteiger partial charge < -0.3 is 20.2 Å². The lowest BCUT2D eigenvalue weighted by Crippen LogP contribution is -2.64. The van der Waals surface area contributed by atoms with Crippen LogP contribution in [0.3, 0.4) is 0 Å². The summed E-state index contributed by atoms with van der Waals surface area (Å²) in [6, 6.07) is -0.118. The lowest BCUT2D eigenvalue weighted by atomic mass is 9.77. The molecule has 102 valence electrons. The largest absolute Gasteiger partial charge is 0.480 e. The molecule has 1 atom stereocenters. The number of nitrogens with one attached hydrogen (secondary N) is 1. The number of urea groups is 1. The molecule has 18 heavy (non-hydrogen) atoms. The van der Waals surface area contributed by atoms with E-state index >= 15 is 0 Å². The smallest absolute Gasteiger partial charge is 0.329 e. The minimum absolute atomic E-state index is 0.120. The fraction of sp³-hybridized carbons (Fsp3) is 0.833. The Balaban J connectivity index is 1.97. The number of nitrogens with zero attached hydrogens (tertiary/aromatic N) is 2. The van der Waals surface area contributed by atoms with E-state index in [1.807, 2.05) is 14.0 Å². The van der Waals surface area contributed by atoms with Crippen molar-refractivity contribution in [2.75, 3.05) is 26.7 Å². The first-order chi connectivity index (χ1) is 8.44. The number of carboxylic acid groups (broad SMARTS) is 1. The molecule has 1 saturated carbocycles. The number of amides is 2. The van der Waals surface area contributed by atoms with Crippen LogP contribution < -0.4 is 5.32 Å². The van der Waals surface area contributed by atoms with Crippen LogP contribution in [0.4, 0.5) is 4.79 Å². The monoisotopic (exact) mass is 255 g/mol. The van der Waals surface area contributed by atoms with E-state index in [1.54, 1.807) is 4.90 Å². The Morgan fingerprint density at radius 1 is 1.33 bits per heavy atom. The molecule has 1 unspecified atom stereocenters. The van der Waals surface area contributed by atoms with Crippen molar-refractivity contribution >= 4 is 12.0 Å². The number of likely N-dealkylation sites (N-methyl/N-ethyl adjacent to an activating group) is 1. The van der Waals surface area contributed by atoms with E-state index < -0.39 is 11.5 Å². The topological polar surface area (TPSA) is 72.9 Å². The lowest BCUT2D eigenvalue weighted by molar-refractivity contribution is -0.148. The van der Waals surface area contributed by atoms with Gasteiger partial charge in [0.15, 0.2) is 0 Å². The van der Waals surface area contributed by atoms with Crippen LogP contribution >= 0.6 is 0 Å². The molecule has 0 radical (unpaired) electrons. The van der Waals surface area contributed by atoms with Crippen molar-refractivity contribution in [2.24, 2.45) is 0 Å². The number of carbonyl (C=O) groups is 2. The Kier molecular flexibility index (Phi) is 3.47. The zero-order valence-corrected chi connectivity index (χ0v) is 11.0. The average molecular weight is 255 g/mol. The van der Waals surface area contributed by atoms with Gasteiger partial charge in [0.1, 0.15) is 5.54 Å². The predicted molar refractivity (Wildman–Crippen MR) is 66.4 cm³/mol. The summed E-state index contributed by atoms with van der Waals surface area (Å²) in [4.78, 5) is 27.3. The maximum absolute atomic E-state index is 12.2. The van der Waals surface area contributed by atoms with E-state index in [9.17, 15) is 14.7 Å². The molecule has 2 N–H and O–H groups in total. The average Bonchev–Trinajstić information content (AvgIpc) is 2.22. The fourth-order valence-electron chi connectivity index (χ4n) is 2.64. The summed E-state index contributed by atoms with van der Waals surface area (Å²) in [5.74, 6) is -0.913. The van der Waals surface area contributed by atoms with Crippen LogP contribution in [0.2, 0.25) is 0 Å². The molecule has 0 aromatic carbocycles. The SMILES string of the molecule is CC1CN(C)CCN1C(=O)NC1(C(=O)O)CCC1. The molecule has 2 fully saturated rings. The zero-order valence-electron chi connectivity index (χ0n) is 11.0. The van der Waals surface area contributed by atoms with Crippen molar-refractivity contribution in [3.8, 4) is 0 Å². The van der Waals surface area contributed by atoms with Crippen molar-refractivity contribution in [2.45, 2.75) is 37.8 Å². The van der Waals surface area contributed by atoms with Crippen LogP contribution in [0.15, 0.2) is 0 Å². The number of piperazine rings is 1. The number of hydrogen-bond acceptors (Lipinski definition) is 3. The Hall–Kier alpha value is -1.30. The molecule has 1 heterocycles. The van der Waals surface area contributed by atoms with Gasteiger partial charge in [0.2, 0.25) is 0 Å². The summed E-state index contributed by atoms with van der Waals surface area (Å²) < 4.78 is 0. The standard InChI is InChI=1S/C12H21N3O3/c1-9-8-14(2)6-7-15(9)11(18)13-12(10(16)17)4-3-5-12/h9H,3-8H2,1-2H3,(H,13,18)(H,16,17). The predicted octanol–water partition coefficient (Wildman–Crippen LogP) is 0.339. The minimum atomic E-state index is -1.01. The maximum Gasteiger partial charge on any atom is 0.329 e. The van der Waals surface area contributed by atoms with Crippen molar-refractivity contribution in [1.82, 2.24) is 15.1 Å². The van der Waals surface area contributed by atoms with Gasteiger partial charge in [-0.1, -0.05) is 0 Å². The molecule has 0 aromatic heterocycles. The molecular formula is C12H21N3O3. The van der Waals surface area contributed by atoms with Gasteiger partial charge in [0, 0.05) is 25.7 Å². The third-order valence-electron chi connectivity index (χ3n) is 4.05. The van der Waals surface area contributed by atoms with Gasteiger partial charge in [-0.05, 0) is 33.2 Å². The van der Waals surface area contributed by atoms with Crippen LogP contribution in [0.25, 0.3) is 0 Å². The van der Waals surface area contributed by atoms with Gasteiger partial charge in [-0.15, -0.1) is 0 Å². The maximum atomic E-state index is 12.2. The second-order valence-corrected chi connectivity index (χ2v) is 5.48. The van der Waals surface area contributed by atoms with E-state index in [-0.39, 0.29) is 12.1 Å². The highest BCUT2D eigenvalue weighted by Crippen LogP contribution is 2.32. The molecule has 0 aromatic rings. The molecule has 2 rings (SSSR count). The summed E-state index contributed by atoms with van der Waals surface area (Å²) in [6.07, 6.45) is 1.94. The van der Waals surface area contributed by atoms with E-state index in [1.165, 1.54) is 0 Å². The highest BCUT2D eigenvalue weighted by molar-refractivity contribution is 5.87. The van der Waals surface area contributed by atoms with E-state index in [4.69, 9.17) is 0 Å². The van der Waals surface area contributed by atoms with Crippen LogP contribution in [0.5, 0.6) is 0 Å². The number of aliphatic carboxylic acids is 1. The van der Waals surface area contributed by atoms with Gasteiger partial charge >= 0.3 is 12.0 Å². The van der Waals surface area contributed by atoms with Crippen molar-refractivity contribution in [3.05, 3.63) is 0 Å². The highest BCUT2D eigenvalue weighted by atomic mass is 16.4. The Morgan fingerprint density at radius 3 is 2.44 bits per heavy atom. The van der Waals surface area contributed by atoms with Gasteiger partial charge in [0.05, 0.1) is 0 Å². The molecule has 0 spiro atoms. The van der Waals surface area contributed by atoms with Crippen molar-refractivity contribution < 1.29 is 14.7 Å². The molecule has 6 nitrogen and oxygen atoms in total. The zero-order chi connectivity index (χ0) is 13.3. The van der Waals surface area contributed by atoms with Gasteiger partial charge in [-0.3, -0.25) is 0 Å². The normalized spacial score (nSPS) is 27.4. The third kappa shape index (κ3) is 2.29. The van der Waals surface area contributed by atoms with E-state index in [0.717, 1.165) is 19.5 Å². The molecule has 2 aliphatic rings. The molecule has 1 aliphatic carbocycles. The summed E-state index contributed by atoms with van der Waals surface area (Å²) in [5, 5.41) is 11.9. The van der Waals surface area contributed by atoms with Crippen molar-refractivity contribution in [1.29, 1.82) is 0 Å². The van der Waals surface area contributed by atoms with Gasteiger partial charge in [-0.2, -0.15) is 0 Å². The number of hydrogen-bond donors (Lipinski definition) is 2. The van der Waals surface area contributed by atoms with E-state index in [2.05, 4.69) is 10.2 Å². The second kappa shape index (κ2) is 4.76. The summed E-state index contributed by atoms with van der Waals surface area (Å²) in [5.41, 5.74) is -1.01. The Bertz CT molecular complexity index is 354. The van der Waals surface area contributed by atoms with Crippen LogP contribution in [-0.2, 0) is 4.79 Å².